The SMILES string of the molecule is O=C(OCCC1C=C(OS(=O)(=O)C(F)(F)F)C1)c1ccccc1. The lowest BCUT2D eigenvalue weighted by atomic mass is 9.90. The van der Waals surface area contributed by atoms with Gasteiger partial charge < -0.3 is 8.92 Å². The van der Waals surface area contributed by atoms with Crippen LogP contribution in [-0.4, -0.2) is 26.5 Å². The second-order valence-electron chi connectivity index (χ2n) is 4.87. The van der Waals surface area contributed by atoms with Crippen molar-refractivity contribution in [3.63, 3.8) is 0 Å². The molecule has 0 saturated heterocycles. The second-order valence-corrected chi connectivity index (χ2v) is 6.41. The summed E-state index contributed by atoms with van der Waals surface area (Å²) in [5.74, 6) is -0.927. The van der Waals surface area contributed by atoms with Gasteiger partial charge in [0.2, 0.25) is 0 Å². The minimum absolute atomic E-state index is 0.0538. The summed E-state index contributed by atoms with van der Waals surface area (Å²) >= 11 is 0. The van der Waals surface area contributed by atoms with Gasteiger partial charge in [0.25, 0.3) is 0 Å². The van der Waals surface area contributed by atoms with Gasteiger partial charge in [-0.25, -0.2) is 4.79 Å². The summed E-state index contributed by atoms with van der Waals surface area (Å²) in [6.07, 6.45) is 1.70. The molecule has 0 fully saturated rings. The monoisotopic (exact) mass is 350 g/mol. The summed E-state index contributed by atoms with van der Waals surface area (Å²) < 4.78 is 66.8. The highest BCUT2D eigenvalue weighted by Gasteiger charge is 2.49. The van der Waals surface area contributed by atoms with Crippen LogP contribution in [0.3, 0.4) is 0 Å². The maximum atomic E-state index is 12.1. The number of ether oxygens (including phenoxy) is 1. The number of hydrogen-bond acceptors (Lipinski definition) is 5. The van der Waals surface area contributed by atoms with Crippen LogP contribution in [0.25, 0.3) is 0 Å². The highest BCUT2D eigenvalue weighted by Crippen LogP contribution is 2.34. The second kappa shape index (κ2) is 6.61. The summed E-state index contributed by atoms with van der Waals surface area (Å²) in [7, 11) is -5.60. The van der Waals surface area contributed by atoms with Gasteiger partial charge in [-0.05, 0) is 30.5 Å². The van der Waals surface area contributed by atoms with Crippen LogP contribution in [0.5, 0.6) is 0 Å². The van der Waals surface area contributed by atoms with Gasteiger partial charge >= 0.3 is 21.6 Å². The fourth-order valence-corrected chi connectivity index (χ4v) is 2.38. The van der Waals surface area contributed by atoms with Crippen LogP contribution in [0.4, 0.5) is 13.2 Å². The maximum absolute atomic E-state index is 12.1. The molecule has 0 amide bonds. The quantitative estimate of drug-likeness (QED) is 0.448. The highest BCUT2D eigenvalue weighted by atomic mass is 32.2. The Bertz CT molecular complexity index is 695. The predicted octanol–water partition coefficient (Wildman–Crippen LogP) is 3.00. The Labute approximate surface area is 130 Å². The molecule has 0 N–H and O–H groups in total. The average molecular weight is 350 g/mol. The Morgan fingerprint density at radius 3 is 2.39 bits per heavy atom. The number of carbonyl (C=O) groups excluding carboxylic acids is 1. The van der Waals surface area contributed by atoms with Crippen molar-refractivity contribution in [3.8, 4) is 0 Å². The molecule has 1 aromatic carbocycles. The number of hydrogen-bond donors (Lipinski definition) is 0. The van der Waals surface area contributed by atoms with Crippen molar-refractivity contribution in [3.05, 3.63) is 47.7 Å². The molecule has 0 radical (unpaired) electrons. The van der Waals surface area contributed by atoms with E-state index in [0.29, 0.717) is 12.0 Å². The largest absolute Gasteiger partial charge is 0.534 e. The molecule has 1 aromatic rings. The number of carbonyl (C=O) groups is 1. The Kier molecular flexibility index (Phi) is 4.98. The standard InChI is InChI=1S/C14H13F3O5S/c15-14(16,17)23(19,20)22-12-8-10(9-12)6-7-21-13(18)11-4-2-1-3-5-11/h1-5,8,10H,6-7,9H2. The van der Waals surface area contributed by atoms with E-state index < -0.39 is 21.6 Å². The number of alkyl halides is 3. The van der Waals surface area contributed by atoms with Crippen LogP contribution in [0, 0.1) is 5.92 Å². The number of benzene rings is 1. The van der Waals surface area contributed by atoms with Gasteiger partial charge in [-0.15, -0.1) is 0 Å². The van der Waals surface area contributed by atoms with Crippen molar-refractivity contribution in [2.45, 2.75) is 18.3 Å². The van der Waals surface area contributed by atoms with E-state index in [9.17, 15) is 26.4 Å². The number of halogens is 3. The van der Waals surface area contributed by atoms with Gasteiger partial charge in [0, 0.05) is 6.42 Å². The molecule has 0 aliphatic heterocycles. The molecule has 126 valence electrons. The van der Waals surface area contributed by atoms with E-state index in [2.05, 4.69) is 4.18 Å². The maximum Gasteiger partial charge on any atom is 0.534 e. The van der Waals surface area contributed by atoms with Crippen molar-refractivity contribution in [1.29, 1.82) is 0 Å². The van der Waals surface area contributed by atoms with Crippen molar-refractivity contribution in [2.75, 3.05) is 6.61 Å². The van der Waals surface area contributed by atoms with E-state index in [1.807, 2.05) is 0 Å². The van der Waals surface area contributed by atoms with Crippen LogP contribution in [-0.2, 0) is 19.0 Å². The lowest BCUT2D eigenvalue weighted by Gasteiger charge is -2.24. The smallest absolute Gasteiger partial charge is 0.462 e. The first-order valence-corrected chi connectivity index (χ1v) is 8.03. The van der Waals surface area contributed by atoms with Gasteiger partial charge in [0.05, 0.1) is 12.2 Å². The van der Waals surface area contributed by atoms with Crippen LogP contribution in [0.1, 0.15) is 23.2 Å². The van der Waals surface area contributed by atoms with Crippen LogP contribution >= 0.6 is 0 Å². The predicted molar refractivity (Wildman–Crippen MR) is 73.6 cm³/mol. The Morgan fingerprint density at radius 2 is 1.83 bits per heavy atom. The molecule has 1 unspecified atom stereocenters. The number of allylic oxidation sites excluding steroid dienone is 2. The van der Waals surface area contributed by atoms with E-state index >= 15 is 0 Å². The molecular formula is C14H13F3O5S. The van der Waals surface area contributed by atoms with E-state index in [0.717, 1.165) is 0 Å². The highest BCUT2D eigenvalue weighted by molar-refractivity contribution is 7.87. The van der Waals surface area contributed by atoms with Gasteiger partial charge in [0.1, 0.15) is 5.76 Å². The lowest BCUT2D eigenvalue weighted by Crippen LogP contribution is -2.27. The lowest BCUT2D eigenvalue weighted by molar-refractivity contribution is -0.0527. The molecular weight excluding hydrogens is 337 g/mol. The van der Waals surface area contributed by atoms with Gasteiger partial charge in [-0.2, -0.15) is 21.6 Å². The summed E-state index contributed by atoms with van der Waals surface area (Å²) in [6.45, 7) is 0.0776. The number of rotatable bonds is 6. The molecule has 1 aliphatic rings. The van der Waals surface area contributed by atoms with E-state index in [1.165, 1.54) is 6.08 Å². The van der Waals surface area contributed by atoms with E-state index in [4.69, 9.17) is 4.74 Å². The zero-order valence-electron chi connectivity index (χ0n) is 11.7. The first-order valence-electron chi connectivity index (χ1n) is 6.62. The molecule has 0 bridgehead atoms. The molecule has 0 spiro atoms. The number of esters is 1. The third-order valence-corrected chi connectivity index (χ3v) is 4.12. The van der Waals surface area contributed by atoms with E-state index in [-0.39, 0.29) is 24.7 Å². The first kappa shape index (κ1) is 17.3. The minimum atomic E-state index is -5.60. The Hall–Kier alpha value is -2.03. The van der Waals surface area contributed by atoms with Crippen molar-refractivity contribution in [2.24, 2.45) is 5.92 Å². The molecule has 0 aromatic heterocycles. The van der Waals surface area contributed by atoms with Crippen LogP contribution < -0.4 is 0 Å². The molecule has 1 atom stereocenters. The third-order valence-electron chi connectivity index (χ3n) is 3.12. The summed E-state index contributed by atoms with van der Waals surface area (Å²) in [4.78, 5) is 11.6. The van der Waals surface area contributed by atoms with Gasteiger partial charge in [-0.1, -0.05) is 18.2 Å². The molecule has 2 rings (SSSR count). The van der Waals surface area contributed by atoms with Gasteiger partial charge in [-0.3, -0.25) is 0 Å². The third kappa shape index (κ3) is 4.47. The topological polar surface area (TPSA) is 69.7 Å². The van der Waals surface area contributed by atoms with E-state index in [1.54, 1.807) is 30.3 Å². The Morgan fingerprint density at radius 1 is 1.22 bits per heavy atom. The molecule has 1 aliphatic carbocycles. The summed E-state index contributed by atoms with van der Waals surface area (Å²) in [6, 6.07) is 8.33. The fraction of sp³-hybridized carbons (Fsp3) is 0.357. The summed E-state index contributed by atoms with van der Waals surface area (Å²) in [5, 5.41) is 0. The van der Waals surface area contributed by atoms with Crippen molar-refractivity contribution < 1.29 is 35.3 Å². The summed E-state index contributed by atoms with van der Waals surface area (Å²) in [5.41, 5.74) is -5.04. The average Bonchev–Trinajstić information content (AvgIpc) is 2.43. The van der Waals surface area contributed by atoms with Crippen molar-refractivity contribution in [1.82, 2.24) is 0 Å². The van der Waals surface area contributed by atoms with Crippen LogP contribution in [0.15, 0.2) is 42.2 Å². The van der Waals surface area contributed by atoms with Gasteiger partial charge in [0.15, 0.2) is 0 Å². The zero-order chi connectivity index (χ0) is 17.1. The Balaban J connectivity index is 1.74. The molecule has 23 heavy (non-hydrogen) atoms. The molecule has 0 saturated carbocycles. The normalized spacial score (nSPS) is 17.9. The van der Waals surface area contributed by atoms with Crippen LogP contribution in [0.2, 0.25) is 0 Å². The van der Waals surface area contributed by atoms with Crippen molar-refractivity contribution >= 4 is 16.1 Å². The minimum Gasteiger partial charge on any atom is -0.462 e. The molecule has 5 nitrogen and oxygen atoms in total. The first-order chi connectivity index (χ1) is 10.7. The molecule has 9 heteroatoms. The molecule has 0 heterocycles. The fourth-order valence-electron chi connectivity index (χ4n) is 1.88. The zero-order valence-corrected chi connectivity index (χ0v) is 12.6.